The number of carbonyl (C=O) groups is 1. The summed E-state index contributed by atoms with van der Waals surface area (Å²) in [5.41, 5.74) is 0. The van der Waals surface area contributed by atoms with E-state index in [9.17, 15) is 61.0 Å². The first-order valence-corrected chi connectivity index (χ1v) is 41.5. The Labute approximate surface area is 617 Å². The molecule has 12 N–H and O–H groups in total. The second-order valence-corrected chi connectivity index (χ2v) is 29.6. The van der Waals surface area contributed by atoms with Gasteiger partial charge in [0.2, 0.25) is 5.91 Å². The fourth-order valence-corrected chi connectivity index (χ4v) is 13.8. The number of rotatable bonds is 66. The lowest BCUT2D eigenvalue weighted by molar-refractivity contribution is -0.379. The van der Waals surface area contributed by atoms with Crippen LogP contribution in [0.2, 0.25) is 0 Å². The van der Waals surface area contributed by atoms with Gasteiger partial charge in [0.05, 0.1) is 38.6 Å². The minimum absolute atomic E-state index is 0.232. The molecular formula is C83H151NO18. The van der Waals surface area contributed by atoms with E-state index in [2.05, 4.69) is 67.8 Å². The number of hydrogen-bond acceptors (Lipinski definition) is 18. The van der Waals surface area contributed by atoms with Crippen LogP contribution in [0.1, 0.15) is 328 Å². The summed E-state index contributed by atoms with van der Waals surface area (Å²) in [6, 6.07) is -1.000. The topological polar surface area (TPSA) is 307 Å². The maximum Gasteiger partial charge on any atom is 0.220 e. The van der Waals surface area contributed by atoms with Crippen LogP contribution in [0.5, 0.6) is 0 Å². The first kappa shape index (κ1) is 93.7. The zero-order valence-electron chi connectivity index (χ0n) is 63.8. The molecule has 0 spiro atoms. The maximum atomic E-state index is 13.5. The van der Waals surface area contributed by atoms with E-state index >= 15 is 0 Å². The lowest BCUT2D eigenvalue weighted by Crippen LogP contribution is -2.66. The highest BCUT2D eigenvalue weighted by Gasteiger charge is 2.54. The fourth-order valence-electron chi connectivity index (χ4n) is 13.8. The van der Waals surface area contributed by atoms with Crippen molar-refractivity contribution in [1.29, 1.82) is 0 Å². The first-order valence-electron chi connectivity index (χ1n) is 41.5. The predicted molar refractivity (Wildman–Crippen MR) is 406 cm³/mol. The molecule has 3 aliphatic heterocycles. The summed E-state index contributed by atoms with van der Waals surface area (Å²) in [7, 11) is 0. The van der Waals surface area contributed by atoms with Crippen LogP contribution in [0, 0.1) is 0 Å². The molecule has 19 heteroatoms. The Morgan fingerprint density at radius 3 is 1.04 bits per heavy atom. The van der Waals surface area contributed by atoms with Crippen molar-refractivity contribution in [2.75, 3.05) is 26.4 Å². The lowest BCUT2D eigenvalue weighted by Gasteiger charge is -2.48. The van der Waals surface area contributed by atoms with Crippen LogP contribution >= 0.6 is 0 Å². The Kier molecular flexibility index (Phi) is 58.3. The molecule has 1 amide bonds. The quantitative estimate of drug-likeness (QED) is 0.0199. The van der Waals surface area contributed by atoms with Crippen molar-refractivity contribution in [3.05, 3.63) is 60.8 Å². The molecule has 17 unspecified atom stereocenters. The van der Waals surface area contributed by atoms with Crippen LogP contribution in [0.25, 0.3) is 0 Å². The Morgan fingerprint density at radius 2 is 0.657 bits per heavy atom. The molecule has 0 saturated carbocycles. The van der Waals surface area contributed by atoms with Crippen molar-refractivity contribution in [1.82, 2.24) is 5.32 Å². The zero-order chi connectivity index (χ0) is 73.9. The van der Waals surface area contributed by atoms with E-state index in [4.69, 9.17) is 28.4 Å². The minimum atomic E-state index is -1.98. The number of ether oxygens (including phenoxy) is 6. The summed E-state index contributed by atoms with van der Waals surface area (Å²) < 4.78 is 34.4. The molecular weight excluding hydrogens is 1300 g/mol. The SMILES string of the molecule is CCCCCCC/C=C\C/C=C\CCCCCCCCCCCCCCCCCCCC(=O)NC(COC1OC(CO)C(OC2OC(CO)C(OC3OC(CO)C(O)C(O)C3O)C(O)C2O)C(O)C1O)C(O)/C=C/CC/C=C/CC/C=C/CCCCCCCCCCCCCCCCCCCC. The van der Waals surface area contributed by atoms with Crippen molar-refractivity contribution < 1.29 is 89.4 Å². The van der Waals surface area contributed by atoms with E-state index in [1.54, 1.807) is 6.08 Å². The van der Waals surface area contributed by atoms with Crippen molar-refractivity contribution >= 4 is 5.91 Å². The highest BCUT2D eigenvalue weighted by atomic mass is 16.8. The normalized spacial score (nSPS) is 26.5. The van der Waals surface area contributed by atoms with Gasteiger partial charge in [-0.25, -0.2) is 0 Å². The Bertz CT molecular complexity index is 2080. The van der Waals surface area contributed by atoms with Crippen molar-refractivity contribution in [3.63, 3.8) is 0 Å². The number of unbranched alkanes of at least 4 members (excludes halogenated alkanes) is 42. The van der Waals surface area contributed by atoms with Crippen LogP contribution in [0.15, 0.2) is 60.8 Å². The number of amides is 1. The number of carbonyl (C=O) groups excluding carboxylic acids is 1. The lowest BCUT2D eigenvalue weighted by atomic mass is 9.96. The van der Waals surface area contributed by atoms with Gasteiger partial charge in [0, 0.05) is 6.42 Å². The third-order valence-corrected chi connectivity index (χ3v) is 20.5. The van der Waals surface area contributed by atoms with Crippen LogP contribution in [0.3, 0.4) is 0 Å². The fraction of sp³-hybridized carbons (Fsp3) is 0.867. The van der Waals surface area contributed by atoms with E-state index in [1.165, 1.54) is 244 Å². The second kappa shape index (κ2) is 63.4. The summed E-state index contributed by atoms with van der Waals surface area (Å²) in [6.45, 7) is 1.74. The van der Waals surface area contributed by atoms with Crippen molar-refractivity contribution in [2.24, 2.45) is 0 Å². The number of nitrogens with one attached hydrogen (secondary N) is 1. The molecule has 0 radical (unpaired) electrons. The van der Waals surface area contributed by atoms with Gasteiger partial charge in [0.15, 0.2) is 18.9 Å². The van der Waals surface area contributed by atoms with E-state index in [-0.39, 0.29) is 18.9 Å². The number of aliphatic hydroxyl groups is 11. The van der Waals surface area contributed by atoms with Gasteiger partial charge in [-0.05, 0) is 77.0 Å². The molecule has 0 aliphatic carbocycles. The van der Waals surface area contributed by atoms with E-state index < -0.39 is 124 Å². The van der Waals surface area contributed by atoms with Gasteiger partial charge in [-0.3, -0.25) is 4.79 Å². The summed E-state index contributed by atoms with van der Waals surface area (Å²) in [5.74, 6) is -0.286. The van der Waals surface area contributed by atoms with E-state index in [0.29, 0.717) is 12.8 Å². The molecule has 0 bridgehead atoms. The number of hydrogen-bond donors (Lipinski definition) is 12. The predicted octanol–water partition coefficient (Wildman–Crippen LogP) is 14.2. The van der Waals surface area contributed by atoms with Crippen LogP contribution in [0.4, 0.5) is 0 Å². The monoisotopic (exact) mass is 1450 g/mol. The van der Waals surface area contributed by atoms with E-state index in [1.807, 2.05) is 6.08 Å². The Morgan fingerprint density at radius 1 is 0.353 bits per heavy atom. The van der Waals surface area contributed by atoms with Crippen LogP contribution in [-0.2, 0) is 33.2 Å². The summed E-state index contributed by atoms with van der Waals surface area (Å²) >= 11 is 0. The van der Waals surface area contributed by atoms with Gasteiger partial charge in [-0.15, -0.1) is 0 Å². The van der Waals surface area contributed by atoms with Gasteiger partial charge >= 0.3 is 0 Å². The third kappa shape index (κ3) is 42.9. The molecule has 0 aromatic heterocycles. The Balaban J connectivity index is 1.38. The van der Waals surface area contributed by atoms with Gasteiger partial charge in [-0.1, -0.05) is 306 Å². The summed E-state index contributed by atoms with van der Waals surface area (Å²) in [5, 5.41) is 121. The van der Waals surface area contributed by atoms with E-state index in [0.717, 1.165) is 51.4 Å². The highest BCUT2D eigenvalue weighted by Crippen LogP contribution is 2.33. The van der Waals surface area contributed by atoms with Crippen LogP contribution < -0.4 is 5.32 Å². The molecule has 3 fully saturated rings. The smallest absolute Gasteiger partial charge is 0.220 e. The summed E-state index contributed by atoms with van der Waals surface area (Å²) in [4.78, 5) is 13.5. The van der Waals surface area contributed by atoms with Gasteiger partial charge < -0.3 is 89.9 Å². The average molecular weight is 1450 g/mol. The second-order valence-electron chi connectivity index (χ2n) is 29.6. The Hall–Kier alpha value is -2.51. The molecule has 0 aromatic carbocycles. The summed E-state index contributed by atoms with van der Waals surface area (Å²) in [6.07, 6.45) is 55.0. The molecule has 17 atom stereocenters. The van der Waals surface area contributed by atoms with Crippen molar-refractivity contribution in [3.8, 4) is 0 Å². The molecule has 596 valence electrons. The maximum absolute atomic E-state index is 13.5. The third-order valence-electron chi connectivity index (χ3n) is 20.5. The minimum Gasteiger partial charge on any atom is -0.394 e. The molecule has 0 aromatic rings. The average Bonchev–Trinajstić information content (AvgIpc) is 0.766. The molecule has 3 saturated heterocycles. The van der Waals surface area contributed by atoms with Gasteiger partial charge in [0.1, 0.15) is 73.2 Å². The van der Waals surface area contributed by atoms with Crippen molar-refractivity contribution in [2.45, 2.75) is 433 Å². The molecule has 19 nitrogen and oxygen atoms in total. The first-order chi connectivity index (χ1) is 49.8. The van der Waals surface area contributed by atoms with Gasteiger partial charge in [-0.2, -0.15) is 0 Å². The zero-order valence-corrected chi connectivity index (χ0v) is 63.8. The van der Waals surface area contributed by atoms with Gasteiger partial charge in [0.25, 0.3) is 0 Å². The molecule has 102 heavy (non-hydrogen) atoms. The molecule has 3 rings (SSSR count). The molecule has 3 heterocycles. The highest BCUT2D eigenvalue weighted by molar-refractivity contribution is 5.76. The standard InChI is InChI=1S/C83H151NO18/c1-3-5-7-9-11-13-15-17-19-21-23-25-27-29-31-33-35-37-39-41-43-45-47-49-51-53-55-57-59-61-71(89)84-66(67(88)60-58-56-54-52-50-48-46-44-42-40-38-36-34-32-30-28-26-24-22-20-18-16-14-12-10-8-6-4-2)65-97-81-77(95)74(92)79(69(63-86)99-81)102-83-78(96)75(93)80(70(64-87)100-83)101-82-76(94)73(91)72(90)68(62-85)98-82/h15,17,21,23,42,44,50,52,58,60,66-70,72-83,85-88,90-96H,3-14,16,18-20,22,24-41,43,45-49,51,53-57,59,61-65H2,1-2H3,(H,84,89)/b17-15-,23-21-,44-42+,52-50+,60-58+. The largest absolute Gasteiger partial charge is 0.394 e. The number of aliphatic hydroxyl groups excluding tert-OH is 11. The number of allylic oxidation sites excluding steroid dienone is 9. The molecule has 3 aliphatic rings. The van der Waals surface area contributed by atoms with Crippen LogP contribution in [-0.4, -0.2) is 193 Å².